The number of nitrogens with zero attached hydrogens (tertiary/aromatic N) is 1. The Morgan fingerprint density at radius 2 is 2.13 bits per heavy atom. The van der Waals surface area contributed by atoms with E-state index in [9.17, 15) is 9.59 Å². The molecule has 2 amide bonds. The van der Waals surface area contributed by atoms with Crippen LogP contribution in [0.3, 0.4) is 0 Å². The fraction of sp³-hybridized carbons (Fsp3) is 0.529. The number of nitrogens with one attached hydrogen (secondary N) is 2. The first-order valence-corrected chi connectivity index (χ1v) is 8.15. The van der Waals surface area contributed by atoms with Crippen LogP contribution in [0.5, 0.6) is 0 Å². The smallest absolute Gasteiger partial charge is 0.237 e. The lowest BCUT2D eigenvalue weighted by Crippen LogP contribution is -2.41. The maximum atomic E-state index is 12.3. The molecule has 2 heterocycles. The van der Waals surface area contributed by atoms with Crippen molar-refractivity contribution >= 4 is 29.9 Å². The molecule has 0 aromatic heterocycles. The third kappa shape index (κ3) is 4.24. The number of halogens is 1. The van der Waals surface area contributed by atoms with Gasteiger partial charge in [0.25, 0.3) is 0 Å². The minimum absolute atomic E-state index is 0. The average Bonchev–Trinajstić information content (AvgIpc) is 3.20. The minimum atomic E-state index is -0.0406. The van der Waals surface area contributed by atoms with Crippen LogP contribution < -0.4 is 15.5 Å². The number of fused-ring (bicyclic) bond motifs is 1. The molecule has 0 aliphatic carbocycles. The molecular weight excluding hydrogens is 314 g/mol. The number of anilines is 1. The fourth-order valence-corrected chi connectivity index (χ4v) is 3.22. The summed E-state index contributed by atoms with van der Waals surface area (Å²) in [5.74, 6) is 0.217. The van der Waals surface area contributed by atoms with Gasteiger partial charge in [-0.2, -0.15) is 0 Å². The van der Waals surface area contributed by atoms with Crippen molar-refractivity contribution in [3.8, 4) is 0 Å². The molecule has 1 aromatic carbocycles. The largest absolute Gasteiger partial charge is 0.355 e. The highest BCUT2D eigenvalue weighted by atomic mass is 35.5. The molecule has 0 radical (unpaired) electrons. The first-order chi connectivity index (χ1) is 10.8. The molecule has 1 unspecified atom stereocenters. The third-order valence-corrected chi connectivity index (χ3v) is 4.43. The Kier molecular flexibility index (Phi) is 6.42. The molecule has 2 aliphatic heterocycles. The predicted octanol–water partition coefficient (Wildman–Crippen LogP) is 1.65. The van der Waals surface area contributed by atoms with E-state index < -0.39 is 0 Å². The number of carbonyl (C=O) groups is 2. The van der Waals surface area contributed by atoms with Gasteiger partial charge in [0.15, 0.2) is 0 Å². The lowest BCUT2D eigenvalue weighted by atomic mass is 10.2. The summed E-state index contributed by atoms with van der Waals surface area (Å²) in [6, 6.07) is 8.03. The zero-order valence-corrected chi connectivity index (χ0v) is 14.0. The maximum absolute atomic E-state index is 12.3. The Morgan fingerprint density at radius 3 is 2.91 bits per heavy atom. The van der Waals surface area contributed by atoms with E-state index in [1.54, 1.807) is 0 Å². The summed E-state index contributed by atoms with van der Waals surface area (Å²) in [5.41, 5.74) is 2.29. The molecule has 3 rings (SSSR count). The highest BCUT2D eigenvalue weighted by Gasteiger charge is 2.24. The van der Waals surface area contributed by atoms with Crippen molar-refractivity contribution in [1.82, 2.24) is 10.6 Å². The summed E-state index contributed by atoms with van der Waals surface area (Å²) in [5, 5.41) is 6.09. The van der Waals surface area contributed by atoms with Gasteiger partial charge in [-0.05, 0) is 43.9 Å². The molecule has 0 bridgehead atoms. The van der Waals surface area contributed by atoms with Gasteiger partial charge in [-0.25, -0.2) is 0 Å². The highest BCUT2D eigenvalue weighted by molar-refractivity contribution is 5.95. The van der Waals surface area contributed by atoms with Crippen molar-refractivity contribution in [1.29, 1.82) is 0 Å². The van der Waals surface area contributed by atoms with E-state index in [-0.39, 0.29) is 30.3 Å². The molecule has 2 N–H and O–H groups in total. The fourth-order valence-electron chi connectivity index (χ4n) is 3.22. The normalized spacial score (nSPS) is 19.1. The van der Waals surface area contributed by atoms with Gasteiger partial charge in [-0.15, -0.1) is 12.4 Å². The van der Waals surface area contributed by atoms with E-state index in [0.717, 1.165) is 38.0 Å². The molecule has 0 spiro atoms. The molecule has 1 fully saturated rings. The van der Waals surface area contributed by atoms with Crippen molar-refractivity contribution in [2.75, 3.05) is 24.5 Å². The molecule has 2 aliphatic rings. The molecule has 1 saturated heterocycles. The Labute approximate surface area is 143 Å². The lowest BCUT2D eigenvalue weighted by molar-refractivity contribution is -0.123. The summed E-state index contributed by atoms with van der Waals surface area (Å²) in [7, 11) is 0. The van der Waals surface area contributed by atoms with E-state index in [1.807, 2.05) is 23.1 Å². The van der Waals surface area contributed by atoms with E-state index in [1.165, 1.54) is 5.56 Å². The van der Waals surface area contributed by atoms with Crippen LogP contribution in [0.4, 0.5) is 5.69 Å². The first-order valence-electron chi connectivity index (χ1n) is 8.15. The second-order valence-corrected chi connectivity index (χ2v) is 5.97. The van der Waals surface area contributed by atoms with Crippen LogP contribution in [-0.2, 0) is 16.0 Å². The number of carbonyl (C=O) groups excluding carboxylic acids is 2. The quantitative estimate of drug-likeness (QED) is 0.803. The van der Waals surface area contributed by atoms with Crippen LogP contribution in [0.1, 0.15) is 31.2 Å². The topological polar surface area (TPSA) is 61.4 Å². The Hall–Kier alpha value is -1.59. The Bertz CT molecular complexity index is 559. The Morgan fingerprint density at radius 1 is 1.30 bits per heavy atom. The number of amides is 2. The van der Waals surface area contributed by atoms with Gasteiger partial charge in [0.05, 0.1) is 6.04 Å². The van der Waals surface area contributed by atoms with Crippen LogP contribution in [0, 0.1) is 0 Å². The summed E-state index contributed by atoms with van der Waals surface area (Å²) in [6.45, 7) is 2.26. The van der Waals surface area contributed by atoms with Crippen LogP contribution in [0.25, 0.3) is 0 Å². The monoisotopic (exact) mass is 337 g/mol. The molecule has 1 aromatic rings. The van der Waals surface area contributed by atoms with Crippen molar-refractivity contribution in [3.05, 3.63) is 29.8 Å². The summed E-state index contributed by atoms with van der Waals surface area (Å²) in [4.78, 5) is 26.0. The van der Waals surface area contributed by atoms with Gasteiger partial charge >= 0.3 is 0 Å². The van der Waals surface area contributed by atoms with Gasteiger partial charge in [0.1, 0.15) is 0 Å². The average molecular weight is 338 g/mol. The van der Waals surface area contributed by atoms with Crippen LogP contribution in [-0.4, -0.2) is 37.5 Å². The number of benzene rings is 1. The van der Waals surface area contributed by atoms with Crippen LogP contribution in [0.15, 0.2) is 24.3 Å². The summed E-state index contributed by atoms with van der Waals surface area (Å²) < 4.78 is 0. The molecule has 0 saturated carbocycles. The molecule has 126 valence electrons. The Balaban J connectivity index is 0.00000192. The third-order valence-electron chi connectivity index (χ3n) is 4.43. The molecule has 23 heavy (non-hydrogen) atoms. The van der Waals surface area contributed by atoms with Crippen LogP contribution >= 0.6 is 12.4 Å². The first kappa shape index (κ1) is 17.8. The number of hydrogen-bond donors (Lipinski definition) is 2. The summed E-state index contributed by atoms with van der Waals surface area (Å²) in [6.07, 6.45) is 4.08. The van der Waals surface area contributed by atoms with Crippen LogP contribution in [0.2, 0.25) is 0 Å². The number of rotatable bonds is 5. The second-order valence-electron chi connectivity index (χ2n) is 5.97. The molecule has 1 atom stereocenters. The van der Waals surface area contributed by atoms with E-state index in [2.05, 4.69) is 16.7 Å². The zero-order chi connectivity index (χ0) is 15.4. The van der Waals surface area contributed by atoms with E-state index >= 15 is 0 Å². The van der Waals surface area contributed by atoms with Gasteiger partial charge in [0, 0.05) is 25.2 Å². The van der Waals surface area contributed by atoms with E-state index in [4.69, 9.17) is 0 Å². The van der Waals surface area contributed by atoms with Gasteiger partial charge in [0.2, 0.25) is 11.8 Å². The molecule has 6 heteroatoms. The SMILES string of the molecule is Cl.O=C(NCCCC(=O)N1CCc2ccccc21)C1CCCN1. The molecular formula is C17H24ClN3O2. The number of para-hydroxylation sites is 1. The molecule has 5 nitrogen and oxygen atoms in total. The zero-order valence-electron chi connectivity index (χ0n) is 13.2. The van der Waals surface area contributed by atoms with Gasteiger partial charge in [-0.3, -0.25) is 9.59 Å². The minimum Gasteiger partial charge on any atom is -0.355 e. The van der Waals surface area contributed by atoms with Crippen molar-refractivity contribution in [3.63, 3.8) is 0 Å². The highest BCUT2D eigenvalue weighted by Crippen LogP contribution is 2.27. The number of hydrogen-bond acceptors (Lipinski definition) is 3. The van der Waals surface area contributed by atoms with Gasteiger partial charge in [-0.1, -0.05) is 18.2 Å². The van der Waals surface area contributed by atoms with Crippen molar-refractivity contribution in [2.45, 2.75) is 38.1 Å². The predicted molar refractivity (Wildman–Crippen MR) is 93.0 cm³/mol. The van der Waals surface area contributed by atoms with Gasteiger partial charge < -0.3 is 15.5 Å². The summed E-state index contributed by atoms with van der Waals surface area (Å²) >= 11 is 0. The lowest BCUT2D eigenvalue weighted by Gasteiger charge is -2.17. The van der Waals surface area contributed by atoms with Crippen molar-refractivity contribution in [2.24, 2.45) is 0 Å². The maximum Gasteiger partial charge on any atom is 0.237 e. The second kappa shape index (κ2) is 8.31. The van der Waals surface area contributed by atoms with E-state index in [0.29, 0.717) is 19.4 Å². The van der Waals surface area contributed by atoms with Crippen molar-refractivity contribution < 1.29 is 9.59 Å². The standard InChI is InChI=1S/C17H23N3O2.ClH/c21-16(20-12-9-13-5-1-2-7-15(13)20)8-4-11-19-17(22)14-6-3-10-18-14;/h1-2,5,7,14,18H,3-4,6,8-12H2,(H,19,22);1H.